The van der Waals surface area contributed by atoms with Crippen molar-refractivity contribution in [2.24, 2.45) is 0 Å². The van der Waals surface area contributed by atoms with E-state index in [0.717, 1.165) is 6.07 Å². The third-order valence-corrected chi connectivity index (χ3v) is 4.00. The summed E-state index contributed by atoms with van der Waals surface area (Å²) in [4.78, 5) is 13.9. The van der Waals surface area contributed by atoms with Crippen LogP contribution >= 0.6 is 39.1 Å². The molecule has 3 N–H and O–H groups in total. The Hall–Kier alpha value is -1.91. The number of benzene rings is 1. The highest BCUT2D eigenvalue weighted by atomic mass is 79.9. The van der Waals surface area contributed by atoms with Gasteiger partial charge in [-0.1, -0.05) is 23.2 Å². The molecule has 0 saturated carbocycles. The molecule has 0 bridgehead atoms. The van der Waals surface area contributed by atoms with Gasteiger partial charge in [-0.25, -0.2) is 0 Å². The Bertz CT molecular complexity index is 870. The maximum Gasteiger partial charge on any atom is 0.322 e. The number of aromatic nitrogens is 1. The van der Waals surface area contributed by atoms with Gasteiger partial charge in [0.05, 0.1) is 4.47 Å². The Morgan fingerprint density at radius 3 is 2.52 bits per heavy atom. The number of aromatic hydroxyl groups is 1. The number of aliphatic carboxylic acids is 1. The summed E-state index contributed by atoms with van der Waals surface area (Å²) < 4.78 is 46.0. The summed E-state index contributed by atoms with van der Waals surface area (Å²) in [6.07, 6.45) is 0. The van der Waals surface area contributed by atoms with E-state index in [0.29, 0.717) is 0 Å². The molecule has 0 unspecified atom stereocenters. The summed E-state index contributed by atoms with van der Waals surface area (Å²) in [5, 5.41) is 18.9. The number of carboxylic acids is 1. The summed E-state index contributed by atoms with van der Waals surface area (Å²) in [7, 11) is 0. The standard InChI is InChI=1S/C13H6BrCl2F3N2O4/c14-3-1-4(8(17)9(18)10(3)24)25-11-6(15)12(19)21-13(7(11)16)20-2-5(22)23/h1,24H,2H2,(H,20,21)(H,22,23). The summed E-state index contributed by atoms with van der Waals surface area (Å²) in [6.45, 7) is -0.652. The van der Waals surface area contributed by atoms with Gasteiger partial charge in [-0.15, -0.1) is 0 Å². The number of pyridine rings is 1. The van der Waals surface area contributed by atoms with Gasteiger partial charge in [0.1, 0.15) is 16.6 Å². The molecule has 0 aliphatic rings. The van der Waals surface area contributed by atoms with Crippen molar-refractivity contribution in [2.75, 3.05) is 11.9 Å². The van der Waals surface area contributed by atoms with Crippen LogP contribution in [0.1, 0.15) is 0 Å². The van der Waals surface area contributed by atoms with Gasteiger partial charge < -0.3 is 20.3 Å². The van der Waals surface area contributed by atoms with E-state index >= 15 is 0 Å². The van der Waals surface area contributed by atoms with Crippen molar-refractivity contribution in [1.82, 2.24) is 4.98 Å². The predicted octanol–water partition coefficient (Wildman–Crippen LogP) is 4.56. The van der Waals surface area contributed by atoms with Crippen molar-refractivity contribution in [1.29, 1.82) is 0 Å². The van der Waals surface area contributed by atoms with Gasteiger partial charge >= 0.3 is 5.97 Å². The van der Waals surface area contributed by atoms with Crippen molar-refractivity contribution in [3.8, 4) is 17.2 Å². The maximum atomic E-state index is 13.9. The molecule has 0 aliphatic carbocycles. The van der Waals surface area contributed by atoms with Crippen LogP contribution in [0.4, 0.5) is 19.0 Å². The van der Waals surface area contributed by atoms with Crippen LogP contribution in [0, 0.1) is 17.6 Å². The van der Waals surface area contributed by atoms with Crippen molar-refractivity contribution < 1.29 is 32.9 Å². The van der Waals surface area contributed by atoms with Crippen molar-refractivity contribution in [3.63, 3.8) is 0 Å². The molecule has 0 spiro atoms. The zero-order valence-corrected chi connectivity index (χ0v) is 14.8. The first-order valence-electron chi connectivity index (χ1n) is 6.18. The molecule has 0 radical (unpaired) electrons. The third-order valence-electron chi connectivity index (χ3n) is 2.72. The Balaban J connectivity index is 2.51. The zero-order valence-electron chi connectivity index (χ0n) is 11.7. The molecule has 0 aliphatic heterocycles. The second kappa shape index (κ2) is 7.54. The Morgan fingerprint density at radius 2 is 1.92 bits per heavy atom. The first-order valence-corrected chi connectivity index (χ1v) is 7.72. The van der Waals surface area contributed by atoms with Crippen LogP contribution in [-0.2, 0) is 4.79 Å². The molecule has 0 saturated heterocycles. The maximum absolute atomic E-state index is 13.9. The van der Waals surface area contributed by atoms with Gasteiger partial charge in [0.2, 0.25) is 17.6 Å². The van der Waals surface area contributed by atoms with Gasteiger partial charge in [0.25, 0.3) is 0 Å². The lowest BCUT2D eigenvalue weighted by atomic mass is 10.3. The number of rotatable bonds is 5. The van der Waals surface area contributed by atoms with Crippen LogP contribution in [0.3, 0.4) is 0 Å². The third kappa shape index (κ3) is 4.02. The molecular weight excluding hydrogens is 456 g/mol. The average Bonchev–Trinajstić information content (AvgIpc) is 2.56. The van der Waals surface area contributed by atoms with Crippen LogP contribution in [-0.4, -0.2) is 27.7 Å². The fourth-order valence-electron chi connectivity index (χ4n) is 1.61. The second-order valence-corrected chi connectivity index (χ2v) is 6.00. The van der Waals surface area contributed by atoms with Gasteiger partial charge in [0, 0.05) is 6.07 Å². The van der Waals surface area contributed by atoms with Crippen LogP contribution in [0.15, 0.2) is 10.5 Å². The molecule has 0 fully saturated rings. The molecule has 2 aromatic rings. The van der Waals surface area contributed by atoms with E-state index in [1.54, 1.807) is 0 Å². The number of phenolic OH excluding ortho intramolecular Hbond substituents is 1. The molecule has 6 nitrogen and oxygen atoms in total. The monoisotopic (exact) mass is 460 g/mol. The van der Waals surface area contributed by atoms with Gasteiger partial charge in [-0.05, 0) is 15.9 Å². The van der Waals surface area contributed by atoms with Crippen LogP contribution in [0.5, 0.6) is 17.2 Å². The minimum Gasteiger partial charge on any atom is -0.504 e. The lowest BCUT2D eigenvalue weighted by molar-refractivity contribution is -0.134. The lowest BCUT2D eigenvalue weighted by Gasteiger charge is -2.14. The van der Waals surface area contributed by atoms with E-state index < -0.39 is 63.2 Å². The Morgan fingerprint density at radius 1 is 1.28 bits per heavy atom. The van der Waals surface area contributed by atoms with Crippen molar-refractivity contribution in [3.05, 3.63) is 38.2 Å². The van der Waals surface area contributed by atoms with Crippen molar-refractivity contribution in [2.45, 2.75) is 0 Å². The van der Waals surface area contributed by atoms with E-state index in [1.807, 2.05) is 0 Å². The van der Waals surface area contributed by atoms with Gasteiger partial charge in [0.15, 0.2) is 23.1 Å². The Kier molecular flexibility index (Phi) is 5.86. The van der Waals surface area contributed by atoms with E-state index in [-0.39, 0.29) is 4.47 Å². The van der Waals surface area contributed by atoms with Gasteiger partial charge in [-0.2, -0.15) is 18.2 Å². The van der Waals surface area contributed by atoms with Crippen LogP contribution in [0.25, 0.3) is 0 Å². The summed E-state index contributed by atoms with van der Waals surface area (Å²) >= 11 is 14.4. The number of anilines is 1. The first kappa shape index (κ1) is 19.4. The molecular formula is C13H6BrCl2F3N2O4. The molecule has 2 rings (SSSR count). The van der Waals surface area contributed by atoms with E-state index in [4.69, 9.17) is 33.0 Å². The summed E-state index contributed by atoms with van der Waals surface area (Å²) in [5.74, 6) is -8.58. The molecule has 0 atom stereocenters. The number of hydrogen-bond donors (Lipinski definition) is 3. The van der Waals surface area contributed by atoms with Gasteiger partial charge in [-0.3, -0.25) is 4.79 Å². The van der Waals surface area contributed by atoms with E-state index in [9.17, 15) is 23.1 Å². The fraction of sp³-hybridized carbons (Fsp3) is 0.0769. The lowest BCUT2D eigenvalue weighted by Crippen LogP contribution is -2.14. The Labute approximate surface area is 156 Å². The smallest absolute Gasteiger partial charge is 0.322 e. The molecule has 1 aromatic heterocycles. The quantitative estimate of drug-likeness (QED) is 0.446. The summed E-state index contributed by atoms with van der Waals surface area (Å²) in [6, 6.07) is 0.864. The van der Waals surface area contributed by atoms with E-state index in [1.165, 1.54) is 0 Å². The highest BCUT2D eigenvalue weighted by molar-refractivity contribution is 9.10. The highest BCUT2D eigenvalue weighted by Crippen LogP contribution is 2.43. The average molecular weight is 462 g/mol. The first-order chi connectivity index (χ1) is 11.6. The number of carboxylic acid groups (broad SMARTS) is 1. The molecule has 134 valence electrons. The van der Waals surface area contributed by atoms with Crippen LogP contribution in [0.2, 0.25) is 10.0 Å². The molecule has 12 heteroatoms. The number of hydrogen-bond acceptors (Lipinski definition) is 5. The fourth-order valence-corrected chi connectivity index (χ4v) is 2.46. The molecule has 0 amide bonds. The van der Waals surface area contributed by atoms with Crippen LogP contribution < -0.4 is 10.1 Å². The predicted molar refractivity (Wildman–Crippen MR) is 86.1 cm³/mol. The highest BCUT2D eigenvalue weighted by Gasteiger charge is 2.24. The molecule has 1 aromatic carbocycles. The topological polar surface area (TPSA) is 91.7 Å². The molecule has 25 heavy (non-hydrogen) atoms. The number of ether oxygens (including phenoxy) is 1. The SMILES string of the molecule is O=C(O)CNc1nc(F)c(Cl)c(Oc2cc(Br)c(O)c(F)c2F)c1Cl. The second-order valence-electron chi connectivity index (χ2n) is 4.39. The number of nitrogens with zero attached hydrogens (tertiary/aromatic N) is 1. The molecule has 1 heterocycles. The minimum atomic E-state index is -1.62. The normalized spacial score (nSPS) is 10.6. The number of halogens is 6. The largest absolute Gasteiger partial charge is 0.504 e. The minimum absolute atomic E-state index is 0.243. The van der Waals surface area contributed by atoms with E-state index in [2.05, 4.69) is 26.2 Å². The number of carbonyl (C=O) groups is 1. The summed E-state index contributed by atoms with van der Waals surface area (Å²) in [5.41, 5.74) is 0. The van der Waals surface area contributed by atoms with Crippen molar-refractivity contribution >= 4 is 50.9 Å². The number of phenols is 1. The zero-order chi connectivity index (χ0) is 18.9. The number of nitrogens with one attached hydrogen (secondary N) is 1.